The number of hydrogen-bond acceptors (Lipinski definition) is 0. The average Bonchev–Trinajstić information content (AvgIpc) is 2.37. The molecule has 0 aromatic heterocycles. The van der Waals surface area contributed by atoms with Crippen LogP contribution in [0.3, 0.4) is 0 Å². The van der Waals surface area contributed by atoms with Crippen LogP contribution in [0.4, 0.5) is 4.39 Å². The SMILES string of the molecule is CCC[C@H]1CC[C@H](c2cc(F)c(I)c(Cl)c2)CC1. The van der Waals surface area contributed by atoms with Gasteiger partial charge in [-0.2, -0.15) is 0 Å². The van der Waals surface area contributed by atoms with Crippen LogP contribution in [0.5, 0.6) is 0 Å². The molecule has 0 amide bonds. The second kappa shape index (κ2) is 6.56. The Hall–Kier alpha value is 0.170. The fourth-order valence-corrected chi connectivity index (χ4v) is 3.53. The van der Waals surface area contributed by atoms with Gasteiger partial charge in [0.25, 0.3) is 0 Å². The lowest BCUT2D eigenvalue weighted by Crippen LogP contribution is -2.13. The molecule has 0 unspecified atom stereocenters. The first-order valence-electron chi connectivity index (χ1n) is 6.76. The van der Waals surface area contributed by atoms with Gasteiger partial charge < -0.3 is 0 Å². The van der Waals surface area contributed by atoms with Crippen molar-refractivity contribution in [3.8, 4) is 0 Å². The van der Waals surface area contributed by atoms with E-state index in [1.165, 1.54) is 38.5 Å². The predicted octanol–water partition coefficient (Wildman–Crippen LogP) is 6.16. The fraction of sp³-hybridized carbons (Fsp3) is 0.600. The molecule has 0 spiro atoms. The number of rotatable bonds is 3. The van der Waals surface area contributed by atoms with Gasteiger partial charge in [-0.05, 0) is 77.8 Å². The van der Waals surface area contributed by atoms with Crippen LogP contribution in [0, 0.1) is 15.3 Å². The third-order valence-electron chi connectivity index (χ3n) is 4.02. The van der Waals surface area contributed by atoms with Gasteiger partial charge in [0.2, 0.25) is 0 Å². The molecule has 0 N–H and O–H groups in total. The van der Waals surface area contributed by atoms with Crippen LogP contribution >= 0.6 is 34.2 Å². The highest BCUT2D eigenvalue weighted by Gasteiger charge is 2.23. The Balaban J connectivity index is 2.05. The Morgan fingerprint density at radius 1 is 1.28 bits per heavy atom. The fourth-order valence-electron chi connectivity index (χ4n) is 3.00. The van der Waals surface area contributed by atoms with Crippen molar-refractivity contribution in [2.24, 2.45) is 5.92 Å². The molecule has 1 aliphatic carbocycles. The van der Waals surface area contributed by atoms with Gasteiger partial charge in [-0.3, -0.25) is 0 Å². The molecule has 0 bridgehead atoms. The van der Waals surface area contributed by atoms with E-state index >= 15 is 0 Å². The lowest BCUT2D eigenvalue weighted by Gasteiger charge is -2.28. The van der Waals surface area contributed by atoms with Crippen LogP contribution in [-0.2, 0) is 0 Å². The predicted molar refractivity (Wildman–Crippen MR) is 83.7 cm³/mol. The summed E-state index contributed by atoms with van der Waals surface area (Å²) >= 11 is 8.03. The molecular weight excluding hydrogens is 362 g/mol. The molecule has 2 rings (SSSR count). The maximum Gasteiger partial charge on any atom is 0.138 e. The average molecular weight is 381 g/mol. The molecule has 100 valence electrons. The number of benzene rings is 1. The summed E-state index contributed by atoms with van der Waals surface area (Å²) in [6.45, 7) is 2.25. The van der Waals surface area contributed by atoms with Gasteiger partial charge in [-0.1, -0.05) is 31.4 Å². The van der Waals surface area contributed by atoms with E-state index in [-0.39, 0.29) is 5.82 Å². The van der Waals surface area contributed by atoms with Crippen LogP contribution in [0.1, 0.15) is 56.9 Å². The highest BCUT2D eigenvalue weighted by atomic mass is 127. The quantitative estimate of drug-likeness (QED) is 0.435. The molecule has 1 aromatic carbocycles. The van der Waals surface area contributed by atoms with Crippen LogP contribution < -0.4 is 0 Å². The van der Waals surface area contributed by atoms with E-state index < -0.39 is 0 Å². The van der Waals surface area contributed by atoms with Crippen molar-refractivity contribution in [1.29, 1.82) is 0 Å². The van der Waals surface area contributed by atoms with Gasteiger partial charge in [0, 0.05) is 0 Å². The Kier molecular flexibility index (Phi) is 5.31. The Morgan fingerprint density at radius 2 is 1.94 bits per heavy atom. The second-order valence-corrected chi connectivity index (χ2v) is 6.79. The molecule has 0 aliphatic heterocycles. The standard InChI is InChI=1S/C15H19ClFI/c1-2-3-10-4-6-11(7-5-10)12-8-13(16)15(18)14(17)9-12/h8-11H,2-7H2,1H3/t10-,11-. The summed E-state index contributed by atoms with van der Waals surface area (Å²) in [6, 6.07) is 3.63. The van der Waals surface area contributed by atoms with Crippen LogP contribution in [0.25, 0.3) is 0 Å². The molecule has 0 heterocycles. The van der Waals surface area contributed by atoms with E-state index in [4.69, 9.17) is 11.6 Å². The van der Waals surface area contributed by atoms with Gasteiger partial charge in [0.05, 0.1) is 8.59 Å². The summed E-state index contributed by atoms with van der Waals surface area (Å²) < 4.78 is 14.2. The molecule has 1 fully saturated rings. The molecule has 0 saturated heterocycles. The minimum atomic E-state index is -0.172. The van der Waals surface area contributed by atoms with Gasteiger partial charge in [-0.15, -0.1) is 0 Å². The number of hydrogen-bond donors (Lipinski definition) is 0. The zero-order chi connectivity index (χ0) is 13.1. The summed E-state index contributed by atoms with van der Waals surface area (Å²) in [4.78, 5) is 0. The van der Waals surface area contributed by atoms with Gasteiger partial charge in [0.1, 0.15) is 5.82 Å². The third-order valence-corrected chi connectivity index (χ3v) is 5.73. The van der Waals surface area contributed by atoms with Crippen LogP contribution in [0.2, 0.25) is 5.02 Å². The number of halogens is 3. The molecule has 1 aromatic rings. The summed E-state index contributed by atoms with van der Waals surface area (Å²) in [5.74, 6) is 1.21. The summed E-state index contributed by atoms with van der Waals surface area (Å²) in [5, 5.41) is 0.557. The molecule has 1 aliphatic rings. The topological polar surface area (TPSA) is 0 Å². The smallest absolute Gasteiger partial charge is 0.138 e. The van der Waals surface area contributed by atoms with Gasteiger partial charge >= 0.3 is 0 Å². The zero-order valence-electron chi connectivity index (χ0n) is 10.7. The minimum Gasteiger partial charge on any atom is -0.206 e. The molecule has 0 atom stereocenters. The first kappa shape index (κ1) is 14.6. The van der Waals surface area contributed by atoms with Crippen LogP contribution in [-0.4, -0.2) is 0 Å². The first-order valence-corrected chi connectivity index (χ1v) is 8.22. The lowest BCUT2D eigenvalue weighted by molar-refractivity contribution is 0.308. The lowest BCUT2D eigenvalue weighted by atomic mass is 9.77. The monoisotopic (exact) mass is 380 g/mol. The largest absolute Gasteiger partial charge is 0.206 e. The maximum absolute atomic E-state index is 13.7. The Bertz CT molecular complexity index is 388. The molecule has 1 saturated carbocycles. The summed E-state index contributed by atoms with van der Waals surface area (Å²) in [6.07, 6.45) is 7.55. The first-order chi connectivity index (χ1) is 8.61. The van der Waals surface area contributed by atoms with Gasteiger partial charge in [-0.25, -0.2) is 4.39 Å². The van der Waals surface area contributed by atoms with E-state index in [0.717, 1.165) is 11.5 Å². The van der Waals surface area contributed by atoms with Crippen molar-refractivity contribution in [1.82, 2.24) is 0 Å². The van der Waals surface area contributed by atoms with Crippen molar-refractivity contribution in [3.63, 3.8) is 0 Å². The molecular formula is C15H19ClFI. The molecule has 3 heteroatoms. The molecule has 18 heavy (non-hydrogen) atoms. The van der Waals surface area contributed by atoms with E-state index in [1.54, 1.807) is 6.07 Å². The Labute approximate surface area is 127 Å². The van der Waals surface area contributed by atoms with Crippen molar-refractivity contribution in [2.75, 3.05) is 0 Å². The van der Waals surface area contributed by atoms with Crippen molar-refractivity contribution in [2.45, 2.75) is 51.4 Å². The zero-order valence-corrected chi connectivity index (χ0v) is 13.6. The summed E-state index contributed by atoms with van der Waals surface area (Å²) in [7, 11) is 0. The molecule has 0 nitrogen and oxygen atoms in total. The van der Waals surface area contributed by atoms with E-state index in [0.29, 0.717) is 14.5 Å². The maximum atomic E-state index is 13.7. The Morgan fingerprint density at radius 3 is 2.50 bits per heavy atom. The highest BCUT2D eigenvalue weighted by Crippen LogP contribution is 2.39. The van der Waals surface area contributed by atoms with E-state index in [9.17, 15) is 4.39 Å². The third kappa shape index (κ3) is 3.38. The normalized spacial score (nSPS) is 24.2. The molecule has 0 radical (unpaired) electrons. The van der Waals surface area contributed by atoms with Crippen molar-refractivity contribution >= 4 is 34.2 Å². The summed E-state index contributed by atoms with van der Waals surface area (Å²) in [5.41, 5.74) is 1.09. The minimum absolute atomic E-state index is 0.172. The van der Waals surface area contributed by atoms with E-state index in [1.807, 2.05) is 28.7 Å². The van der Waals surface area contributed by atoms with E-state index in [2.05, 4.69) is 6.92 Å². The van der Waals surface area contributed by atoms with Crippen molar-refractivity contribution in [3.05, 3.63) is 32.1 Å². The van der Waals surface area contributed by atoms with Crippen molar-refractivity contribution < 1.29 is 4.39 Å². The van der Waals surface area contributed by atoms with Crippen LogP contribution in [0.15, 0.2) is 12.1 Å². The highest BCUT2D eigenvalue weighted by molar-refractivity contribution is 14.1. The van der Waals surface area contributed by atoms with Gasteiger partial charge in [0.15, 0.2) is 0 Å². The second-order valence-electron chi connectivity index (χ2n) is 5.30.